The van der Waals surface area contributed by atoms with Gasteiger partial charge in [0.15, 0.2) is 0 Å². The highest BCUT2D eigenvalue weighted by molar-refractivity contribution is 5.76. The predicted octanol–water partition coefficient (Wildman–Crippen LogP) is 1.05. The van der Waals surface area contributed by atoms with E-state index in [2.05, 4.69) is 5.32 Å². The van der Waals surface area contributed by atoms with Crippen LogP contribution < -0.4 is 5.32 Å². The zero-order chi connectivity index (χ0) is 12.2. The number of amides is 1. The van der Waals surface area contributed by atoms with E-state index in [1.54, 1.807) is 7.05 Å². The maximum absolute atomic E-state index is 13.3. The molecule has 0 aromatic rings. The minimum absolute atomic E-state index is 0.191. The summed E-state index contributed by atoms with van der Waals surface area (Å²) in [6.07, 6.45) is 0.0380. The molecule has 0 aliphatic carbocycles. The quantitative estimate of drug-likeness (QED) is 0.726. The summed E-state index contributed by atoms with van der Waals surface area (Å²) >= 11 is 0. The van der Waals surface area contributed by atoms with Crippen LogP contribution in [-0.2, 0) is 4.79 Å². The second-order valence-electron chi connectivity index (χ2n) is 4.25. The molecule has 3 nitrogen and oxygen atoms in total. The van der Waals surface area contributed by atoms with E-state index in [1.807, 2.05) is 0 Å². The van der Waals surface area contributed by atoms with E-state index >= 15 is 0 Å². The first-order chi connectivity index (χ1) is 7.45. The van der Waals surface area contributed by atoms with E-state index in [-0.39, 0.29) is 32.5 Å². The van der Waals surface area contributed by atoms with Crippen LogP contribution in [0.3, 0.4) is 0 Å². The van der Waals surface area contributed by atoms with Gasteiger partial charge in [0.25, 0.3) is 5.92 Å². The Kier molecular flexibility index (Phi) is 4.58. The van der Waals surface area contributed by atoms with Crippen molar-refractivity contribution < 1.29 is 18.0 Å². The van der Waals surface area contributed by atoms with Gasteiger partial charge < -0.3 is 10.2 Å². The molecule has 1 N–H and O–H groups in total. The van der Waals surface area contributed by atoms with Gasteiger partial charge >= 0.3 is 0 Å². The van der Waals surface area contributed by atoms with Crippen molar-refractivity contribution in [2.75, 3.05) is 33.4 Å². The van der Waals surface area contributed by atoms with Crippen molar-refractivity contribution in [1.82, 2.24) is 10.2 Å². The largest absolute Gasteiger partial charge is 0.356 e. The molecule has 1 unspecified atom stereocenters. The Bertz CT molecular complexity index is 248. The van der Waals surface area contributed by atoms with Crippen molar-refractivity contribution in [3.63, 3.8) is 0 Å². The first kappa shape index (κ1) is 13.3. The predicted molar refractivity (Wildman–Crippen MR) is 54.2 cm³/mol. The van der Waals surface area contributed by atoms with Crippen molar-refractivity contribution in [3.8, 4) is 0 Å². The van der Waals surface area contributed by atoms with Crippen molar-refractivity contribution in [3.05, 3.63) is 0 Å². The molecular formula is C10H17F3N2O. The van der Waals surface area contributed by atoms with Gasteiger partial charge in [0.2, 0.25) is 5.91 Å². The molecule has 0 saturated carbocycles. The van der Waals surface area contributed by atoms with Crippen LogP contribution in [0.25, 0.3) is 0 Å². The molecule has 1 rings (SSSR count). The Morgan fingerprint density at radius 3 is 2.75 bits per heavy atom. The van der Waals surface area contributed by atoms with Crippen LogP contribution in [0.15, 0.2) is 0 Å². The third kappa shape index (κ3) is 3.66. The molecule has 1 aliphatic heterocycles. The second-order valence-corrected chi connectivity index (χ2v) is 4.25. The fraction of sp³-hybridized carbons (Fsp3) is 0.900. The lowest BCUT2D eigenvalue weighted by Crippen LogP contribution is -2.33. The van der Waals surface area contributed by atoms with E-state index in [0.29, 0.717) is 0 Å². The summed E-state index contributed by atoms with van der Waals surface area (Å²) in [7, 11) is 1.61. The third-order valence-electron chi connectivity index (χ3n) is 2.67. The molecule has 94 valence electrons. The third-order valence-corrected chi connectivity index (χ3v) is 2.67. The highest BCUT2D eigenvalue weighted by atomic mass is 19.3. The Morgan fingerprint density at radius 2 is 2.25 bits per heavy atom. The van der Waals surface area contributed by atoms with Crippen molar-refractivity contribution in [1.29, 1.82) is 0 Å². The number of hydrogen-bond acceptors (Lipinski definition) is 2. The van der Waals surface area contributed by atoms with Crippen molar-refractivity contribution in [2.45, 2.75) is 18.8 Å². The maximum Gasteiger partial charge on any atom is 0.265 e. The summed E-state index contributed by atoms with van der Waals surface area (Å²) in [5.74, 6) is -4.15. The molecule has 1 aliphatic rings. The number of hydrogen-bond donors (Lipinski definition) is 1. The van der Waals surface area contributed by atoms with Gasteiger partial charge in [0.05, 0.1) is 13.2 Å². The van der Waals surface area contributed by atoms with Crippen molar-refractivity contribution >= 4 is 5.91 Å². The lowest BCUT2D eigenvalue weighted by Gasteiger charge is -2.16. The number of carbonyl (C=O) groups is 1. The smallest absolute Gasteiger partial charge is 0.265 e. The van der Waals surface area contributed by atoms with Gasteiger partial charge in [-0.25, -0.2) is 8.78 Å². The lowest BCUT2D eigenvalue weighted by atomic mass is 10.0. The lowest BCUT2D eigenvalue weighted by molar-refractivity contribution is -0.125. The number of rotatable bonds is 5. The molecule has 0 bridgehead atoms. The van der Waals surface area contributed by atoms with E-state index in [4.69, 9.17) is 0 Å². The molecule has 1 amide bonds. The molecule has 0 aromatic carbocycles. The first-order valence-electron chi connectivity index (χ1n) is 5.34. The minimum atomic E-state index is -2.80. The summed E-state index contributed by atoms with van der Waals surface area (Å²) in [4.78, 5) is 12.8. The molecule has 1 fully saturated rings. The van der Waals surface area contributed by atoms with Gasteiger partial charge in [-0.05, 0) is 13.5 Å². The van der Waals surface area contributed by atoms with Crippen LogP contribution in [0.4, 0.5) is 13.2 Å². The molecule has 0 spiro atoms. The summed E-state index contributed by atoms with van der Waals surface area (Å²) in [6, 6.07) is 0. The van der Waals surface area contributed by atoms with Crippen LogP contribution in [0.1, 0.15) is 12.8 Å². The van der Waals surface area contributed by atoms with Crippen LogP contribution in [0.2, 0.25) is 0 Å². The average Bonchev–Trinajstić information content (AvgIpc) is 2.40. The summed E-state index contributed by atoms with van der Waals surface area (Å²) in [6.45, 7) is -0.370. The van der Waals surface area contributed by atoms with E-state index in [0.717, 1.165) is 0 Å². The molecule has 0 radical (unpaired) electrons. The summed E-state index contributed by atoms with van der Waals surface area (Å²) in [5.41, 5.74) is 0. The molecular weight excluding hydrogens is 221 g/mol. The molecule has 1 heterocycles. The zero-order valence-electron chi connectivity index (χ0n) is 9.31. The number of carbonyl (C=O) groups excluding carboxylic acids is 1. The number of likely N-dealkylation sites (tertiary alicyclic amines) is 1. The Labute approximate surface area is 93.0 Å². The molecule has 1 saturated heterocycles. The van der Waals surface area contributed by atoms with Crippen LogP contribution in [0, 0.1) is 5.92 Å². The Hall–Kier alpha value is -0.780. The SMILES string of the molecule is CN1CC(CC(=O)NCCCF)C(F)(F)C1. The monoisotopic (exact) mass is 238 g/mol. The number of halogens is 3. The van der Waals surface area contributed by atoms with E-state index in [9.17, 15) is 18.0 Å². The second kappa shape index (κ2) is 5.52. The van der Waals surface area contributed by atoms with Gasteiger partial charge in [0, 0.05) is 25.4 Å². The van der Waals surface area contributed by atoms with Crippen molar-refractivity contribution in [2.24, 2.45) is 5.92 Å². The normalized spacial score (nSPS) is 24.6. The highest BCUT2D eigenvalue weighted by Gasteiger charge is 2.47. The Morgan fingerprint density at radius 1 is 1.56 bits per heavy atom. The van der Waals surface area contributed by atoms with Crippen LogP contribution in [0.5, 0.6) is 0 Å². The van der Waals surface area contributed by atoms with Crippen LogP contribution in [-0.4, -0.2) is 50.1 Å². The minimum Gasteiger partial charge on any atom is -0.356 e. The Balaban J connectivity index is 2.33. The van der Waals surface area contributed by atoms with E-state index < -0.39 is 24.4 Å². The average molecular weight is 238 g/mol. The van der Waals surface area contributed by atoms with Gasteiger partial charge in [-0.3, -0.25) is 9.18 Å². The highest BCUT2D eigenvalue weighted by Crippen LogP contribution is 2.34. The van der Waals surface area contributed by atoms with Gasteiger partial charge in [-0.1, -0.05) is 0 Å². The van der Waals surface area contributed by atoms with Crippen LogP contribution >= 0.6 is 0 Å². The zero-order valence-corrected chi connectivity index (χ0v) is 9.31. The fourth-order valence-corrected chi connectivity index (χ4v) is 1.87. The standard InChI is InChI=1S/C10H17F3N2O/c1-15-6-8(10(12,13)7-15)5-9(16)14-4-2-3-11/h8H,2-7H2,1H3,(H,14,16). The first-order valence-corrected chi connectivity index (χ1v) is 5.34. The number of alkyl halides is 3. The molecule has 6 heteroatoms. The number of nitrogens with zero attached hydrogens (tertiary/aromatic N) is 1. The number of nitrogens with one attached hydrogen (secondary N) is 1. The molecule has 16 heavy (non-hydrogen) atoms. The molecule has 1 atom stereocenters. The fourth-order valence-electron chi connectivity index (χ4n) is 1.87. The maximum atomic E-state index is 13.3. The summed E-state index contributed by atoms with van der Waals surface area (Å²) in [5, 5.41) is 2.43. The van der Waals surface area contributed by atoms with Gasteiger partial charge in [-0.2, -0.15) is 0 Å². The van der Waals surface area contributed by atoms with Gasteiger partial charge in [-0.15, -0.1) is 0 Å². The van der Waals surface area contributed by atoms with E-state index in [1.165, 1.54) is 4.90 Å². The summed E-state index contributed by atoms with van der Waals surface area (Å²) < 4.78 is 38.4. The topological polar surface area (TPSA) is 32.3 Å². The van der Waals surface area contributed by atoms with Gasteiger partial charge in [0.1, 0.15) is 0 Å². The molecule has 0 aromatic heterocycles.